The zero-order valence-corrected chi connectivity index (χ0v) is 13.0. The highest BCUT2D eigenvalue weighted by Gasteiger charge is 2.08. The summed E-state index contributed by atoms with van der Waals surface area (Å²) < 4.78 is 0. The van der Waals surface area contributed by atoms with E-state index in [1.54, 1.807) is 6.07 Å². The summed E-state index contributed by atoms with van der Waals surface area (Å²) >= 11 is 0. The highest BCUT2D eigenvalue weighted by Crippen LogP contribution is 2.16. The van der Waals surface area contributed by atoms with E-state index in [4.69, 9.17) is 0 Å². The third-order valence-corrected chi connectivity index (χ3v) is 3.61. The van der Waals surface area contributed by atoms with Crippen molar-refractivity contribution in [3.8, 4) is 0 Å². The Morgan fingerprint density at radius 1 is 1.12 bits per heavy atom. The second-order valence-electron chi connectivity index (χ2n) is 5.32. The summed E-state index contributed by atoms with van der Waals surface area (Å²) in [5.74, 6) is 0. The molecule has 0 spiro atoms. The molecule has 0 aliphatic heterocycles. The molecule has 126 valence electrons. The molecule has 25 heavy (non-hydrogen) atoms. The number of nitro benzene ring substituents is 1. The maximum Gasteiger partial charge on any atom is 0.319 e. The number of anilines is 1. The van der Waals surface area contributed by atoms with Gasteiger partial charge in [-0.3, -0.25) is 14.9 Å². The van der Waals surface area contributed by atoms with Gasteiger partial charge in [-0.15, -0.1) is 0 Å². The number of non-ortho nitro benzene ring substituents is 1. The number of carbonyl (C=O) groups is 1. The predicted octanol–water partition coefficient (Wildman–Crippen LogP) is 2.76. The lowest BCUT2D eigenvalue weighted by Crippen LogP contribution is -2.28. The second kappa shape index (κ2) is 6.83. The number of aromatic nitrogens is 1. The summed E-state index contributed by atoms with van der Waals surface area (Å²) in [6.07, 6.45) is 0. The quantitative estimate of drug-likeness (QED) is 0.501. The maximum absolute atomic E-state index is 12.0. The number of amides is 2. The molecular formula is C17H14N4O4. The summed E-state index contributed by atoms with van der Waals surface area (Å²) in [6.45, 7) is 0.170. The average Bonchev–Trinajstić information content (AvgIpc) is 2.60. The average molecular weight is 338 g/mol. The fourth-order valence-corrected chi connectivity index (χ4v) is 2.44. The molecule has 1 heterocycles. The Morgan fingerprint density at radius 2 is 1.84 bits per heavy atom. The van der Waals surface area contributed by atoms with Gasteiger partial charge in [0.25, 0.3) is 5.69 Å². The first-order valence-electron chi connectivity index (χ1n) is 7.43. The number of urea groups is 1. The van der Waals surface area contributed by atoms with Crippen molar-refractivity contribution in [2.24, 2.45) is 0 Å². The molecule has 8 nitrogen and oxygen atoms in total. The lowest BCUT2D eigenvalue weighted by Gasteiger charge is -2.09. The SMILES string of the molecule is O=C(NCc1cc(=O)[nH]c2ccccc12)Nc1ccc([N+](=O)[O-])cc1. The van der Waals surface area contributed by atoms with E-state index in [2.05, 4.69) is 15.6 Å². The van der Waals surface area contributed by atoms with Gasteiger partial charge in [0.05, 0.1) is 4.92 Å². The van der Waals surface area contributed by atoms with Gasteiger partial charge < -0.3 is 15.6 Å². The Kier molecular flexibility index (Phi) is 4.42. The van der Waals surface area contributed by atoms with Crippen LogP contribution in [-0.2, 0) is 6.54 Å². The zero-order valence-electron chi connectivity index (χ0n) is 13.0. The highest BCUT2D eigenvalue weighted by atomic mass is 16.6. The first-order chi connectivity index (χ1) is 12.0. The zero-order chi connectivity index (χ0) is 17.8. The van der Waals surface area contributed by atoms with E-state index in [0.29, 0.717) is 16.8 Å². The lowest BCUT2D eigenvalue weighted by atomic mass is 10.1. The Balaban J connectivity index is 1.68. The van der Waals surface area contributed by atoms with Gasteiger partial charge in [0.1, 0.15) is 0 Å². The fraction of sp³-hybridized carbons (Fsp3) is 0.0588. The smallest absolute Gasteiger partial charge is 0.319 e. The third-order valence-electron chi connectivity index (χ3n) is 3.61. The number of carbonyl (C=O) groups excluding carboxylic acids is 1. The van der Waals surface area contributed by atoms with Crippen molar-refractivity contribution in [1.82, 2.24) is 10.3 Å². The van der Waals surface area contributed by atoms with E-state index < -0.39 is 11.0 Å². The van der Waals surface area contributed by atoms with Crippen molar-refractivity contribution in [1.29, 1.82) is 0 Å². The van der Waals surface area contributed by atoms with Gasteiger partial charge in [-0.1, -0.05) is 18.2 Å². The van der Waals surface area contributed by atoms with Crippen molar-refractivity contribution in [3.05, 3.63) is 80.6 Å². The summed E-state index contributed by atoms with van der Waals surface area (Å²) in [6, 6.07) is 13.8. The summed E-state index contributed by atoms with van der Waals surface area (Å²) in [5.41, 5.74) is 1.52. The first kappa shape index (κ1) is 16.2. The maximum atomic E-state index is 12.0. The molecular weight excluding hydrogens is 324 g/mol. The molecule has 0 aliphatic carbocycles. The Labute approximate surface area is 141 Å². The Bertz CT molecular complexity index is 995. The van der Waals surface area contributed by atoms with E-state index in [0.717, 1.165) is 5.39 Å². The van der Waals surface area contributed by atoms with E-state index >= 15 is 0 Å². The number of nitrogens with one attached hydrogen (secondary N) is 3. The standard InChI is InChI=1S/C17H14N4O4/c22-16-9-11(14-3-1-2-4-15(14)20-16)10-18-17(23)19-12-5-7-13(8-6-12)21(24)25/h1-9H,10H2,(H,20,22)(H2,18,19,23). The van der Waals surface area contributed by atoms with Crippen LogP contribution >= 0.6 is 0 Å². The molecule has 0 unspecified atom stereocenters. The molecule has 0 saturated heterocycles. The first-order valence-corrected chi connectivity index (χ1v) is 7.43. The predicted molar refractivity (Wildman–Crippen MR) is 93.5 cm³/mol. The van der Waals surface area contributed by atoms with Crippen LogP contribution in [-0.4, -0.2) is 15.9 Å². The molecule has 3 rings (SSSR count). The van der Waals surface area contributed by atoms with Crippen molar-refractivity contribution < 1.29 is 9.72 Å². The number of fused-ring (bicyclic) bond motifs is 1. The molecule has 0 bridgehead atoms. The van der Waals surface area contributed by atoms with Crippen LogP contribution in [0.3, 0.4) is 0 Å². The monoisotopic (exact) mass is 338 g/mol. The minimum absolute atomic E-state index is 0.0547. The van der Waals surface area contributed by atoms with Crippen LogP contribution in [0.2, 0.25) is 0 Å². The molecule has 0 saturated carbocycles. The molecule has 3 aromatic rings. The van der Waals surface area contributed by atoms with Crippen LogP contribution < -0.4 is 16.2 Å². The Morgan fingerprint density at radius 3 is 2.56 bits per heavy atom. The number of pyridine rings is 1. The second-order valence-corrected chi connectivity index (χ2v) is 5.32. The van der Waals surface area contributed by atoms with Crippen molar-refractivity contribution >= 4 is 28.3 Å². The molecule has 0 radical (unpaired) electrons. The molecule has 0 atom stereocenters. The van der Waals surface area contributed by atoms with Gasteiger partial charge in [0.2, 0.25) is 5.56 Å². The molecule has 8 heteroatoms. The number of hydrogen-bond acceptors (Lipinski definition) is 4. The van der Waals surface area contributed by atoms with Crippen LogP contribution in [0.1, 0.15) is 5.56 Å². The van der Waals surface area contributed by atoms with Crippen LogP contribution in [0.5, 0.6) is 0 Å². The van der Waals surface area contributed by atoms with Crippen molar-refractivity contribution in [2.45, 2.75) is 6.54 Å². The third kappa shape index (κ3) is 3.81. The van der Waals surface area contributed by atoms with Gasteiger partial charge in [0, 0.05) is 41.3 Å². The number of aromatic amines is 1. The normalized spacial score (nSPS) is 10.4. The van der Waals surface area contributed by atoms with Crippen molar-refractivity contribution in [3.63, 3.8) is 0 Å². The van der Waals surface area contributed by atoms with E-state index in [9.17, 15) is 19.7 Å². The van der Waals surface area contributed by atoms with Gasteiger partial charge >= 0.3 is 6.03 Å². The van der Waals surface area contributed by atoms with Gasteiger partial charge in [-0.25, -0.2) is 4.79 Å². The van der Waals surface area contributed by atoms with E-state index in [-0.39, 0.29) is 17.8 Å². The largest absolute Gasteiger partial charge is 0.334 e. The van der Waals surface area contributed by atoms with Gasteiger partial charge in [0.15, 0.2) is 0 Å². The van der Waals surface area contributed by atoms with E-state index in [1.807, 2.05) is 18.2 Å². The number of hydrogen-bond donors (Lipinski definition) is 3. The van der Waals surface area contributed by atoms with Gasteiger partial charge in [-0.05, 0) is 23.8 Å². The molecule has 1 aromatic heterocycles. The van der Waals surface area contributed by atoms with Gasteiger partial charge in [-0.2, -0.15) is 0 Å². The number of benzene rings is 2. The summed E-state index contributed by atoms with van der Waals surface area (Å²) in [5, 5.41) is 16.7. The molecule has 2 aromatic carbocycles. The topological polar surface area (TPSA) is 117 Å². The van der Waals surface area contributed by atoms with Crippen LogP contribution in [0, 0.1) is 10.1 Å². The highest BCUT2D eigenvalue weighted by molar-refractivity contribution is 5.90. The number of para-hydroxylation sites is 1. The molecule has 2 amide bonds. The van der Waals surface area contributed by atoms with E-state index in [1.165, 1.54) is 30.3 Å². The molecule has 0 fully saturated rings. The molecule has 0 aliphatic rings. The summed E-state index contributed by atoms with van der Waals surface area (Å²) in [4.78, 5) is 36.5. The lowest BCUT2D eigenvalue weighted by molar-refractivity contribution is -0.384. The van der Waals surface area contributed by atoms with Crippen LogP contribution in [0.25, 0.3) is 10.9 Å². The fourth-order valence-electron chi connectivity index (χ4n) is 2.44. The van der Waals surface area contributed by atoms with Crippen LogP contribution in [0.15, 0.2) is 59.4 Å². The number of nitrogens with zero attached hydrogens (tertiary/aromatic N) is 1. The van der Waals surface area contributed by atoms with Crippen LogP contribution in [0.4, 0.5) is 16.2 Å². The number of H-pyrrole nitrogens is 1. The number of rotatable bonds is 4. The van der Waals surface area contributed by atoms with Crippen molar-refractivity contribution in [2.75, 3.05) is 5.32 Å². The Hall–Kier alpha value is -3.68. The molecule has 3 N–H and O–H groups in total. The summed E-state index contributed by atoms with van der Waals surface area (Å²) in [7, 11) is 0. The minimum atomic E-state index is -0.512. The minimum Gasteiger partial charge on any atom is -0.334 e. The number of nitro groups is 1.